The zero-order chi connectivity index (χ0) is 21.7. The first-order valence-corrected chi connectivity index (χ1v) is 9.14. The van der Waals surface area contributed by atoms with Gasteiger partial charge in [0, 0.05) is 11.1 Å². The molecule has 2 atom stereocenters. The van der Waals surface area contributed by atoms with E-state index in [9.17, 15) is 19.2 Å². The highest BCUT2D eigenvalue weighted by molar-refractivity contribution is 5.87. The molecule has 2 unspecified atom stereocenters. The number of carbonyl (C=O) groups excluding carboxylic acids is 4. The molecule has 0 aromatic rings. The highest BCUT2D eigenvalue weighted by Gasteiger charge is 2.19. The molecule has 0 saturated carbocycles. The van der Waals surface area contributed by atoms with E-state index in [4.69, 9.17) is 18.9 Å². The lowest BCUT2D eigenvalue weighted by Gasteiger charge is -2.17. The summed E-state index contributed by atoms with van der Waals surface area (Å²) in [6.07, 6.45) is -0.650. The van der Waals surface area contributed by atoms with Crippen molar-refractivity contribution < 1.29 is 38.1 Å². The number of hydrogen-bond acceptors (Lipinski definition) is 8. The average molecular weight is 398 g/mol. The van der Waals surface area contributed by atoms with Crippen LogP contribution in [0.4, 0.5) is 0 Å². The van der Waals surface area contributed by atoms with Crippen molar-refractivity contribution in [1.82, 2.24) is 0 Å². The Morgan fingerprint density at radius 1 is 0.714 bits per heavy atom. The van der Waals surface area contributed by atoms with Crippen molar-refractivity contribution in [1.29, 1.82) is 0 Å². The van der Waals surface area contributed by atoms with E-state index in [1.54, 1.807) is 13.8 Å². The molecule has 0 aromatic heterocycles. The molecule has 158 valence electrons. The molecule has 0 amide bonds. The summed E-state index contributed by atoms with van der Waals surface area (Å²) in [6, 6.07) is 0. The molecule has 0 fully saturated rings. The Morgan fingerprint density at radius 3 is 1.29 bits per heavy atom. The van der Waals surface area contributed by atoms with Crippen molar-refractivity contribution in [3.63, 3.8) is 0 Å². The Balaban J connectivity index is 4.28. The van der Waals surface area contributed by atoms with Crippen LogP contribution in [0, 0.1) is 0 Å². The number of rotatable bonds is 13. The van der Waals surface area contributed by atoms with Crippen LogP contribution in [-0.4, -0.2) is 49.3 Å². The topological polar surface area (TPSA) is 105 Å². The lowest BCUT2D eigenvalue weighted by atomic mass is 10.2. The molecule has 0 heterocycles. The fourth-order valence-electron chi connectivity index (χ4n) is 1.75. The zero-order valence-corrected chi connectivity index (χ0v) is 17.1. The molecular weight excluding hydrogens is 368 g/mol. The smallest absolute Gasteiger partial charge is 0.333 e. The normalized spacial score (nSPS) is 12.3. The molecule has 0 bridgehead atoms. The van der Waals surface area contributed by atoms with Gasteiger partial charge in [-0.15, -0.1) is 0 Å². The molecule has 0 saturated heterocycles. The molecule has 0 aliphatic rings. The van der Waals surface area contributed by atoms with Crippen molar-refractivity contribution in [2.75, 3.05) is 13.2 Å². The molecule has 0 aromatic carbocycles. The van der Waals surface area contributed by atoms with Gasteiger partial charge in [0.2, 0.25) is 0 Å². The van der Waals surface area contributed by atoms with E-state index in [-0.39, 0.29) is 37.2 Å². The van der Waals surface area contributed by atoms with E-state index in [0.29, 0.717) is 12.8 Å². The Kier molecular flexibility index (Phi) is 12.2. The minimum Gasteiger partial charge on any atom is -0.459 e. The van der Waals surface area contributed by atoms with Crippen molar-refractivity contribution in [3.8, 4) is 0 Å². The summed E-state index contributed by atoms with van der Waals surface area (Å²) in [5, 5.41) is 0. The van der Waals surface area contributed by atoms with Crippen LogP contribution in [0.25, 0.3) is 0 Å². The summed E-state index contributed by atoms with van der Waals surface area (Å²) in [6.45, 7) is 13.4. The van der Waals surface area contributed by atoms with Crippen molar-refractivity contribution >= 4 is 23.9 Å². The van der Waals surface area contributed by atoms with Crippen LogP contribution >= 0.6 is 0 Å². The Morgan fingerprint density at radius 2 is 1.04 bits per heavy atom. The first kappa shape index (κ1) is 25.4. The number of esters is 4. The summed E-state index contributed by atoms with van der Waals surface area (Å²) in [5.41, 5.74) is 0.506. The van der Waals surface area contributed by atoms with Crippen LogP contribution in [0.2, 0.25) is 0 Å². The minimum absolute atomic E-state index is 0.0790. The highest BCUT2D eigenvalue weighted by atomic mass is 16.6. The average Bonchev–Trinajstić information content (AvgIpc) is 2.65. The van der Waals surface area contributed by atoms with Crippen LogP contribution in [0.15, 0.2) is 24.3 Å². The second-order valence-corrected chi connectivity index (χ2v) is 6.30. The number of hydrogen-bond donors (Lipinski definition) is 0. The third kappa shape index (κ3) is 11.2. The predicted octanol–water partition coefficient (Wildman–Crippen LogP) is 2.65. The second kappa shape index (κ2) is 13.5. The Labute approximate surface area is 165 Å². The maximum absolute atomic E-state index is 11.9. The van der Waals surface area contributed by atoms with E-state index in [1.807, 2.05) is 0 Å². The molecular formula is C20H30O8. The maximum Gasteiger partial charge on any atom is 0.333 e. The molecule has 0 spiro atoms. The van der Waals surface area contributed by atoms with Crippen LogP contribution in [0.1, 0.15) is 53.4 Å². The van der Waals surface area contributed by atoms with E-state index in [2.05, 4.69) is 13.2 Å². The molecule has 8 nitrogen and oxygen atoms in total. The van der Waals surface area contributed by atoms with Gasteiger partial charge in [-0.1, -0.05) is 27.0 Å². The first-order valence-electron chi connectivity index (χ1n) is 9.14. The monoisotopic (exact) mass is 398 g/mol. The quantitative estimate of drug-likeness (QED) is 0.265. The molecule has 0 radical (unpaired) electrons. The Hall–Kier alpha value is -2.64. The number of ether oxygens (including phenoxy) is 4. The van der Waals surface area contributed by atoms with E-state index in [0.717, 1.165) is 0 Å². The van der Waals surface area contributed by atoms with Crippen LogP contribution < -0.4 is 0 Å². The highest BCUT2D eigenvalue weighted by Crippen LogP contribution is 2.08. The van der Waals surface area contributed by atoms with Crippen LogP contribution in [0.5, 0.6) is 0 Å². The fourth-order valence-corrected chi connectivity index (χ4v) is 1.75. The lowest BCUT2D eigenvalue weighted by molar-refractivity contribution is -0.162. The van der Waals surface area contributed by atoms with Crippen LogP contribution in [-0.2, 0) is 38.1 Å². The van der Waals surface area contributed by atoms with Gasteiger partial charge in [0.05, 0.1) is 12.8 Å². The van der Waals surface area contributed by atoms with Gasteiger partial charge in [-0.25, -0.2) is 9.59 Å². The predicted molar refractivity (Wildman–Crippen MR) is 101 cm³/mol. The van der Waals surface area contributed by atoms with Gasteiger partial charge in [0.1, 0.15) is 25.4 Å². The van der Waals surface area contributed by atoms with Gasteiger partial charge in [-0.05, 0) is 26.7 Å². The third-order valence-electron chi connectivity index (χ3n) is 3.54. The van der Waals surface area contributed by atoms with E-state index >= 15 is 0 Å². The third-order valence-corrected chi connectivity index (χ3v) is 3.54. The summed E-state index contributed by atoms with van der Waals surface area (Å²) < 4.78 is 20.3. The van der Waals surface area contributed by atoms with Gasteiger partial charge in [0.25, 0.3) is 0 Å². The molecule has 28 heavy (non-hydrogen) atoms. The van der Waals surface area contributed by atoms with Crippen molar-refractivity contribution in [2.45, 2.75) is 65.6 Å². The second-order valence-electron chi connectivity index (χ2n) is 6.30. The van der Waals surface area contributed by atoms with Crippen molar-refractivity contribution in [2.24, 2.45) is 0 Å². The zero-order valence-electron chi connectivity index (χ0n) is 17.1. The van der Waals surface area contributed by atoms with Crippen LogP contribution in [0.3, 0.4) is 0 Å². The Bertz CT molecular complexity index is 541. The van der Waals surface area contributed by atoms with Gasteiger partial charge in [-0.3, -0.25) is 9.59 Å². The van der Waals surface area contributed by atoms with E-state index in [1.165, 1.54) is 13.8 Å². The largest absolute Gasteiger partial charge is 0.459 e. The van der Waals surface area contributed by atoms with E-state index < -0.39 is 36.1 Å². The van der Waals surface area contributed by atoms with Crippen molar-refractivity contribution in [3.05, 3.63) is 24.3 Å². The summed E-state index contributed by atoms with van der Waals surface area (Å²) >= 11 is 0. The lowest BCUT2D eigenvalue weighted by Crippen LogP contribution is -2.27. The molecule has 0 rings (SSSR count). The van der Waals surface area contributed by atoms with Gasteiger partial charge in [0.15, 0.2) is 0 Å². The summed E-state index contributed by atoms with van der Waals surface area (Å²) in [4.78, 5) is 46.5. The maximum atomic E-state index is 11.9. The first-order chi connectivity index (χ1) is 13.1. The standard InChI is InChI=1S/C20H30O8/c1-7-15(11-25-19(23)13(3)4)27-17(21)9-10-18(22)28-16(8-2)12-26-20(24)14(5)6/h15-16H,3,5,7-12H2,1-2,4,6H3. The van der Waals surface area contributed by atoms with Gasteiger partial charge < -0.3 is 18.9 Å². The molecule has 0 N–H and O–H groups in total. The SMILES string of the molecule is C=C(C)C(=O)OCC(CC)OC(=O)CCC(=O)OC(CC)COC(=O)C(=C)C. The van der Waals surface area contributed by atoms with Gasteiger partial charge in [-0.2, -0.15) is 0 Å². The summed E-state index contributed by atoms with van der Waals surface area (Å²) in [5.74, 6) is -2.32. The molecule has 0 aliphatic heterocycles. The van der Waals surface area contributed by atoms with Gasteiger partial charge >= 0.3 is 23.9 Å². The molecule has 0 aliphatic carbocycles. The molecule has 8 heteroatoms. The minimum atomic E-state index is -0.600. The summed E-state index contributed by atoms with van der Waals surface area (Å²) in [7, 11) is 0. The number of carbonyl (C=O) groups is 4. The fraction of sp³-hybridized carbons (Fsp3) is 0.600.